The van der Waals surface area contributed by atoms with Crippen LogP contribution in [-0.4, -0.2) is 48.1 Å². The van der Waals surface area contributed by atoms with E-state index in [4.69, 9.17) is 4.74 Å². The average Bonchev–Trinajstić information content (AvgIpc) is 2.61. The molecule has 0 radical (unpaired) electrons. The molecule has 1 N–H and O–H groups in total. The average molecular weight is 238 g/mol. The van der Waals surface area contributed by atoms with Crippen LogP contribution in [-0.2, 0) is 14.3 Å². The number of carbonyl (C=O) groups is 2. The van der Waals surface area contributed by atoms with Crippen LogP contribution in [0.5, 0.6) is 0 Å². The van der Waals surface area contributed by atoms with E-state index in [9.17, 15) is 9.59 Å². The molecule has 0 aromatic rings. The number of hydrogen-bond donors (Lipinski definition) is 1. The van der Waals surface area contributed by atoms with Crippen LogP contribution < -0.4 is 5.32 Å². The van der Waals surface area contributed by atoms with Crippen molar-refractivity contribution in [3.8, 4) is 0 Å². The lowest BCUT2D eigenvalue weighted by atomic mass is 10.1. The van der Waals surface area contributed by atoms with Gasteiger partial charge in [-0.05, 0) is 32.2 Å². The Kier molecular flexibility index (Phi) is 2.88. The van der Waals surface area contributed by atoms with E-state index in [0.717, 1.165) is 32.4 Å². The van der Waals surface area contributed by atoms with Crippen LogP contribution in [0.25, 0.3) is 0 Å². The predicted octanol–water partition coefficient (Wildman–Crippen LogP) is 0.0449. The summed E-state index contributed by atoms with van der Waals surface area (Å²) in [6, 6.07) is 0.0319. The van der Waals surface area contributed by atoms with Crippen molar-refractivity contribution >= 4 is 11.8 Å². The third-order valence-corrected chi connectivity index (χ3v) is 3.93. The number of likely N-dealkylation sites (tertiary alicyclic amines) is 1. The van der Waals surface area contributed by atoms with Gasteiger partial charge in [-0.1, -0.05) is 6.42 Å². The first-order valence-corrected chi connectivity index (χ1v) is 6.50. The fraction of sp³-hybridized carbons (Fsp3) is 0.833. The fourth-order valence-corrected chi connectivity index (χ4v) is 3.00. The van der Waals surface area contributed by atoms with E-state index in [1.165, 1.54) is 4.90 Å². The molecule has 3 aliphatic heterocycles. The van der Waals surface area contributed by atoms with Crippen molar-refractivity contribution in [2.45, 2.75) is 50.4 Å². The Bertz CT molecular complexity index is 315. The van der Waals surface area contributed by atoms with Crippen LogP contribution in [0.3, 0.4) is 0 Å². The zero-order valence-electron chi connectivity index (χ0n) is 9.85. The van der Waals surface area contributed by atoms with Crippen molar-refractivity contribution in [1.29, 1.82) is 0 Å². The molecule has 2 amide bonds. The molecule has 17 heavy (non-hydrogen) atoms. The van der Waals surface area contributed by atoms with Crippen molar-refractivity contribution in [2.75, 3.05) is 13.1 Å². The molecule has 5 nitrogen and oxygen atoms in total. The van der Waals surface area contributed by atoms with Gasteiger partial charge in [0.25, 0.3) is 11.8 Å². The van der Waals surface area contributed by atoms with Crippen molar-refractivity contribution < 1.29 is 14.3 Å². The lowest BCUT2D eigenvalue weighted by molar-refractivity contribution is -0.171. The molecule has 3 atom stereocenters. The topological polar surface area (TPSA) is 58.6 Å². The van der Waals surface area contributed by atoms with Crippen LogP contribution in [0.15, 0.2) is 0 Å². The van der Waals surface area contributed by atoms with Crippen LogP contribution in [0.4, 0.5) is 0 Å². The van der Waals surface area contributed by atoms with Crippen molar-refractivity contribution in [3.05, 3.63) is 0 Å². The quantitative estimate of drug-likeness (QED) is 0.656. The number of carbonyl (C=O) groups excluding carboxylic acids is 2. The molecule has 2 bridgehead atoms. The monoisotopic (exact) mass is 238 g/mol. The molecule has 3 rings (SSSR count). The van der Waals surface area contributed by atoms with Crippen molar-refractivity contribution in [3.63, 3.8) is 0 Å². The Balaban J connectivity index is 1.80. The van der Waals surface area contributed by atoms with Crippen LogP contribution >= 0.6 is 0 Å². The Hall–Kier alpha value is -0.940. The number of fused-ring (bicyclic) bond motifs is 2. The van der Waals surface area contributed by atoms with Gasteiger partial charge in [0, 0.05) is 6.54 Å². The highest BCUT2D eigenvalue weighted by Gasteiger charge is 2.48. The largest absolute Gasteiger partial charge is 0.355 e. The summed E-state index contributed by atoms with van der Waals surface area (Å²) >= 11 is 0. The lowest BCUT2D eigenvalue weighted by Gasteiger charge is -2.35. The molecule has 3 fully saturated rings. The van der Waals surface area contributed by atoms with Crippen LogP contribution in [0, 0.1) is 0 Å². The number of imide groups is 1. The summed E-state index contributed by atoms with van der Waals surface area (Å²) in [4.78, 5) is 25.8. The SMILES string of the molecule is O=C1C2CCC(O2)C(=O)N1C1CCCCNC1. The first-order valence-electron chi connectivity index (χ1n) is 6.50. The first kappa shape index (κ1) is 11.2. The minimum absolute atomic E-state index is 0.0319. The van der Waals surface area contributed by atoms with Gasteiger partial charge in [0.05, 0.1) is 6.04 Å². The van der Waals surface area contributed by atoms with Gasteiger partial charge in [0.2, 0.25) is 0 Å². The van der Waals surface area contributed by atoms with Gasteiger partial charge in [-0.25, -0.2) is 0 Å². The Morgan fingerprint density at radius 1 is 1.06 bits per heavy atom. The third-order valence-electron chi connectivity index (χ3n) is 3.93. The van der Waals surface area contributed by atoms with E-state index < -0.39 is 0 Å². The number of hydrogen-bond acceptors (Lipinski definition) is 4. The van der Waals surface area contributed by atoms with Crippen molar-refractivity contribution in [2.24, 2.45) is 0 Å². The van der Waals surface area contributed by atoms with Gasteiger partial charge in [0.15, 0.2) is 0 Å². The first-order chi connectivity index (χ1) is 8.27. The van der Waals surface area contributed by atoms with E-state index in [1.54, 1.807) is 0 Å². The van der Waals surface area contributed by atoms with E-state index >= 15 is 0 Å². The Labute approximate surface area is 100 Å². The van der Waals surface area contributed by atoms with Gasteiger partial charge >= 0.3 is 0 Å². The molecule has 0 saturated carbocycles. The summed E-state index contributed by atoms with van der Waals surface area (Å²) in [5, 5.41) is 3.30. The van der Waals surface area contributed by atoms with E-state index in [-0.39, 0.29) is 30.1 Å². The molecular formula is C12H18N2O3. The zero-order valence-corrected chi connectivity index (χ0v) is 9.85. The van der Waals surface area contributed by atoms with Gasteiger partial charge in [-0.3, -0.25) is 14.5 Å². The number of ether oxygens (including phenoxy) is 1. The van der Waals surface area contributed by atoms with E-state index in [1.807, 2.05) is 0 Å². The van der Waals surface area contributed by atoms with E-state index in [2.05, 4.69) is 5.32 Å². The van der Waals surface area contributed by atoms with Gasteiger partial charge < -0.3 is 10.1 Å². The second-order valence-corrected chi connectivity index (χ2v) is 5.09. The highest BCUT2D eigenvalue weighted by atomic mass is 16.5. The molecule has 0 spiro atoms. The summed E-state index contributed by atoms with van der Waals surface area (Å²) in [6.07, 6.45) is 3.80. The Morgan fingerprint density at radius 3 is 2.47 bits per heavy atom. The highest BCUT2D eigenvalue weighted by Crippen LogP contribution is 2.30. The number of nitrogens with one attached hydrogen (secondary N) is 1. The van der Waals surface area contributed by atoms with Gasteiger partial charge in [-0.2, -0.15) is 0 Å². The Morgan fingerprint density at radius 2 is 1.76 bits per heavy atom. The second-order valence-electron chi connectivity index (χ2n) is 5.09. The summed E-state index contributed by atoms with van der Waals surface area (Å²) in [5.41, 5.74) is 0. The number of amides is 2. The predicted molar refractivity (Wildman–Crippen MR) is 60.3 cm³/mol. The molecule has 0 aromatic heterocycles. The maximum atomic E-state index is 12.2. The molecule has 5 heteroatoms. The highest BCUT2D eigenvalue weighted by molar-refractivity contribution is 6.02. The van der Waals surface area contributed by atoms with Crippen LogP contribution in [0.1, 0.15) is 32.1 Å². The minimum Gasteiger partial charge on any atom is -0.355 e. The minimum atomic E-state index is -0.360. The summed E-state index contributed by atoms with van der Waals surface area (Å²) in [5.74, 6) is -0.227. The zero-order chi connectivity index (χ0) is 11.8. The maximum absolute atomic E-state index is 12.2. The van der Waals surface area contributed by atoms with Crippen molar-refractivity contribution in [1.82, 2.24) is 10.2 Å². The standard InChI is InChI=1S/C12H18N2O3/c15-11-9-4-5-10(17-9)12(16)14(11)8-3-1-2-6-13-7-8/h8-10,13H,1-7H2. The van der Waals surface area contributed by atoms with Gasteiger partial charge in [-0.15, -0.1) is 0 Å². The fourth-order valence-electron chi connectivity index (χ4n) is 3.00. The maximum Gasteiger partial charge on any atom is 0.258 e. The second kappa shape index (κ2) is 4.38. The molecule has 94 valence electrons. The molecular weight excluding hydrogens is 220 g/mol. The molecule has 3 heterocycles. The lowest BCUT2D eigenvalue weighted by Crippen LogP contribution is -2.57. The third kappa shape index (κ3) is 1.87. The molecule has 0 aromatic carbocycles. The summed E-state index contributed by atoms with van der Waals surface area (Å²) in [7, 11) is 0. The molecule has 3 saturated heterocycles. The molecule has 0 aliphatic carbocycles. The number of rotatable bonds is 1. The normalized spacial score (nSPS) is 38.4. The van der Waals surface area contributed by atoms with Crippen LogP contribution in [0.2, 0.25) is 0 Å². The smallest absolute Gasteiger partial charge is 0.258 e. The van der Waals surface area contributed by atoms with E-state index in [0.29, 0.717) is 12.8 Å². The molecule has 3 unspecified atom stereocenters. The summed E-state index contributed by atoms with van der Waals surface area (Å²) < 4.78 is 5.41. The summed E-state index contributed by atoms with van der Waals surface area (Å²) in [6.45, 7) is 1.72. The number of nitrogens with zero attached hydrogens (tertiary/aromatic N) is 1. The number of morpholine rings is 1. The molecule has 3 aliphatic rings. The van der Waals surface area contributed by atoms with Gasteiger partial charge in [0.1, 0.15) is 12.2 Å².